The summed E-state index contributed by atoms with van der Waals surface area (Å²) in [5.74, 6) is 0.608. The molecule has 0 aromatic heterocycles. The standard InChI is InChI=1S/C16H27N3O2S.ClH/c1-13(17)15-7-9-19(10-8-15)12-14-5-4-6-16(11-14)22(20,21)18(2)3;/h4-6,11,13,15H,7-10,12,17H2,1-3H3;1H. The van der Waals surface area contributed by atoms with Crippen molar-refractivity contribution in [2.24, 2.45) is 11.7 Å². The van der Waals surface area contributed by atoms with Crippen LogP contribution in [-0.4, -0.2) is 50.8 Å². The summed E-state index contributed by atoms with van der Waals surface area (Å²) in [4.78, 5) is 2.74. The van der Waals surface area contributed by atoms with Crippen LogP contribution < -0.4 is 5.73 Å². The van der Waals surface area contributed by atoms with E-state index in [2.05, 4.69) is 11.8 Å². The molecule has 1 aliphatic heterocycles. The van der Waals surface area contributed by atoms with Crippen LogP contribution in [0.25, 0.3) is 0 Å². The van der Waals surface area contributed by atoms with E-state index in [9.17, 15) is 8.42 Å². The van der Waals surface area contributed by atoms with Gasteiger partial charge in [-0.25, -0.2) is 12.7 Å². The molecule has 0 radical (unpaired) electrons. The monoisotopic (exact) mass is 361 g/mol. The molecular formula is C16H28ClN3O2S. The van der Waals surface area contributed by atoms with E-state index in [1.165, 1.54) is 4.31 Å². The van der Waals surface area contributed by atoms with Crippen LogP contribution in [0.4, 0.5) is 0 Å². The molecule has 1 unspecified atom stereocenters. The first-order valence-corrected chi connectivity index (χ1v) is 9.24. The Morgan fingerprint density at radius 2 is 1.91 bits per heavy atom. The van der Waals surface area contributed by atoms with Crippen LogP contribution in [-0.2, 0) is 16.6 Å². The maximum atomic E-state index is 12.2. The largest absolute Gasteiger partial charge is 0.328 e. The fraction of sp³-hybridized carbons (Fsp3) is 0.625. The zero-order chi connectivity index (χ0) is 16.3. The van der Waals surface area contributed by atoms with Crippen LogP contribution in [0, 0.1) is 5.92 Å². The molecule has 1 aromatic carbocycles. The van der Waals surface area contributed by atoms with Crippen molar-refractivity contribution in [2.75, 3.05) is 27.2 Å². The van der Waals surface area contributed by atoms with Crippen molar-refractivity contribution in [1.29, 1.82) is 0 Å². The van der Waals surface area contributed by atoms with Gasteiger partial charge >= 0.3 is 0 Å². The number of nitrogens with two attached hydrogens (primary N) is 1. The van der Waals surface area contributed by atoms with Crippen LogP contribution in [0.15, 0.2) is 29.2 Å². The summed E-state index contributed by atoms with van der Waals surface area (Å²) in [5, 5.41) is 0. The highest BCUT2D eigenvalue weighted by Crippen LogP contribution is 2.22. The van der Waals surface area contributed by atoms with Crippen molar-refractivity contribution < 1.29 is 8.42 Å². The van der Waals surface area contributed by atoms with Crippen molar-refractivity contribution in [2.45, 2.75) is 37.2 Å². The first-order valence-electron chi connectivity index (χ1n) is 7.80. The number of hydrogen-bond acceptors (Lipinski definition) is 4. The predicted molar refractivity (Wildman–Crippen MR) is 96.2 cm³/mol. The van der Waals surface area contributed by atoms with Gasteiger partial charge in [-0.05, 0) is 56.5 Å². The third-order valence-electron chi connectivity index (χ3n) is 4.46. The lowest BCUT2D eigenvalue weighted by Crippen LogP contribution is -2.39. The van der Waals surface area contributed by atoms with E-state index in [0.29, 0.717) is 10.8 Å². The van der Waals surface area contributed by atoms with E-state index in [4.69, 9.17) is 5.73 Å². The summed E-state index contributed by atoms with van der Waals surface area (Å²) in [6, 6.07) is 7.51. The van der Waals surface area contributed by atoms with Gasteiger partial charge in [-0.15, -0.1) is 12.4 Å². The minimum Gasteiger partial charge on any atom is -0.328 e. The van der Waals surface area contributed by atoms with Gasteiger partial charge < -0.3 is 5.73 Å². The molecule has 0 bridgehead atoms. The Morgan fingerprint density at radius 3 is 2.43 bits per heavy atom. The van der Waals surface area contributed by atoms with Crippen molar-refractivity contribution in [3.63, 3.8) is 0 Å². The first-order chi connectivity index (χ1) is 10.3. The minimum atomic E-state index is -3.36. The summed E-state index contributed by atoms with van der Waals surface area (Å²) in [6.45, 7) is 4.92. The molecule has 1 heterocycles. The molecular weight excluding hydrogens is 334 g/mol. The van der Waals surface area contributed by atoms with E-state index >= 15 is 0 Å². The highest BCUT2D eigenvalue weighted by Gasteiger charge is 2.22. The maximum Gasteiger partial charge on any atom is 0.242 e. The van der Waals surface area contributed by atoms with Gasteiger partial charge in [-0.3, -0.25) is 4.90 Å². The Bertz CT molecular complexity index is 597. The molecule has 7 heteroatoms. The maximum absolute atomic E-state index is 12.2. The summed E-state index contributed by atoms with van der Waals surface area (Å²) in [7, 11) is -0.249. The Hall–Kier alpha value is -0.660. The van der Waals surface area contributed by atoms with Crippen molar-refractivity contribution in [3.8, 4) is 0 Å². The Morgan fingerprint density at radius 1 is 1.30 bits per heavy atom. The van der Waals surface area contributed by atoms with E-state index < -0.39 is 10.0 Å². The fourth-order valence-corrected chi connectivity index (χ4v) is 3.88. The zero-order valence-electron chi connectivity index (χ0n) is 14.1. The van der Waals surface area contributed by atoms with E-state index in [0.717, 1.165) is 38.0 Å². The number of sulfonamides is 1. The predicted octanol–water partition coefficient (Wildman–Crippen LogP) is 1.92. The number of piperidine rings is 1. The van der Waals surface area contributed by atoms with Crippen molar-refractivity contribution in [3.05, 3.63) is 29.8 Å². The molecule has 1 aromatic rings. The molecule has 0 amide bonds. The third-order valence-corrected chi connectivity index (χ3v) is 6.27. The number of likely N-dealkylation sites (tertiary alicyclic amines) is 1. The minimum absolute atomic E-state index is 0. The average molecular weight is 362 g/mol. The quantitative estimate of drug-likeness (QED) is 0.870. The number of benzene rings is 1. The van der Waals surface area contributed by atoms with Crippen LogP contribution in [0.5, 0.6) is 0 Å². The van der Waals surface area contributed by atoms with Crippen LogP contribution in [0.3, 0.4) is 0 Å². The fourth-order valence-electron chi connectivity index (χ4n) is 2.91. The second-order valence-electron chi connectivity index (χ2n) is 6.41. The lowest BCUT2D eigenvalue weighted by molar-refractivity contribution is 0.165. The molecule has 2 N–H and O–H groups in total. The number of hydrogen-bond donors (Lipinski definition) is 1. The smallest absolute Gasteiger partial charge is 0.242 e. The molecule has 1 atom stereocenters. The van der Waals surface area contributed by atoms with Crippen LogP contribution in [0.2, 0.25) is 0 Å². The summed E-state index contributed by atoms with van der Waals surface area (Å²) in [6.07, 6.45) is 2.24. The number of rotatable bonds is 5. The second-order valence-corrected chi connectivity index (χ2v) is 8.56. The zero-order valence-corrected chi connectivity index (χ0v) is 15.7. The summed E-state index contributed by atoms with van der Waals surface area (Å²) < 4.78 is 25.6. The topological polar surface area (TPSA) is 66.6 Å². The Labute approximate surface area is 146 Å². The highest BCUT2D eigenvalue weighted by atomic mass is 35.5. The van der Waals surface area contributed by atoms with Gasteiger partial charge in [-0.1, -0.05) is 12.1 Å². The molecule has 2 rings (SSSR count). The van der Waals surface area contributed by atoms with Crippen LogP contribution in [0.1, 0.15) is 25.3 Å². The first kappa shape index (κ1) is 20.4. The van der Waals surface area contributed by atoms with Gasteiger partial charge in [0.1, 0.15) is 0 Å². The molecule has 0 saturated carbocycles. The van der Waals surface area contributed by atoms with Crippen molar-refractivity contribution >= 4 is 22.4 Å². The van der Waals surface area contributed by atoms with Gasteiger partial charge in [0.05, 0.1) is 4.90 Å². The van der Waals surface area contributed by atoms with Gasteiger partial charge in [0.2, 0.25) is 10.0 Å². The van der Waals surface area contributed by atoms with E-state index in [1.807, 2.05) is 12.1 Å². The van der Waals surface area contributed by atoms with Gasteiger partial charge in [-0.2, -0.15) is 0 Å². The second kappa shape index (κ2) is 8.44. The van der Waals surface area contributed by atoms with Gasteiger partial charge in [0.15, 0.2) is 0 Å². The molecule has 1 fully saturated rings. The average Bonchev–Trinajstić information content (AvgIpc) is 2.48. The third kappa shape index (κ3) is 5.16. The van der Waals surface area contributed by atoms with Crippen molar-refractivity contribution in [1.82, 2.24) is 9.21 Å². The Balaban J connectivity index is 0.00000264. The summed E-state index contributed by atoms with van der Waals surface area (Å²) >= 11 is 0. The lowest BCUT2D eigenvalue weighted by Gasteiger charge is -2.33. The SMILES string of the molecule is CC(N)C1CCN(Cc2cccc(S(=O)(=O)N(C)C)c2)CC1.Cl. The summed E-state index contributed by atoms with van der Waals surface area (Å²) in [5.41, 5.74) is 7.02. The molecule has 1 saturated heterocycles. The van der Waals surface area contributed by atoms with Gasteiger partial charge in [0, 0.05) is 26.7 Å². The van der Waals surface area contributed by atoms with Crippen LogP contribution >= 0.6 is 12.4 Å². The van der Waals surface area contributed by atoms with Gasteiger partial charge in [0.25, 0.3) is 0 Å². The molecule has 0 aliphatic carbocycles. The molecule has 1 aliphatic rings. The molecule has 0 spiro atoms. The van der Waals surface area contributed by atoms with E-state index in [-0.39, 0.29) is 18.4 Å². The normalized spacial score (nSPS) is 18.7. The number of halogens is 1. The molecule has 5 nitrogen and oxygen atoms in total. The van der Waals surface area contributed by atoms with E-state index in [1.54, 1.807) is 26.2 Å². The molecule has 132 valence electrons. The lowest BCUT2D eigenvalue weighted by atomic mass is 9.91. The highest BCUT2D eigenvalue weighted by molar-refractivity contribution is 7.89. The Kier molecular flexibility index (Phi) is 7.48. The number of nitrogens with zero attached hydrogens (tertiary/aromatic N) is 2. The molecule has 23 heavy (non-hydrogen) atoms.